The number of carbonyl (C=O) groups excluding carboxylic acids is 1. The zero-order valence-electron chi connectivity index (χ0n) is 21.0. The molecule has 1 saturated carbocycles. The third-order valence-corrected chi connectivity index (χ3v) is 7.45. The predicted octanol–water partition coefficient (Wildman–Crippen LogP) is 4.76. The number of aliphatic hydroxyl groups is 2. The van der Waals surface area contributed by atoms with Gasteiger partial charge in [-0.25, -0.2) is 4.39 Å². The molecule has 1 aliphatic carbocycles. The van der Waals surface area contributed by atoms with E-state index in [4.69, 9.17) is 21.6 Å². The van der Waals surface area contributed by atoms with Crippen LogP contribution in [0.25, 0.3) is 0 Å². The van der Waals surface area contributed by atoms with Crippen molar-refractivity contribution < 1.29 is 24.1 Å². The van der Waals surface area contributed by atoms with Crippen LogP contribution in [0.2, 0.25) is 5.02 Å². The number of hydrogen-bond acceptors (Lipinski definition) is 6. The van der Waals surface area contributed by atoms with Crippen LogP contribution in [0, 0.1) is 17.1 Å². The third kappa shape index (κ3) is 4.56. The fourth-order valence-corrected chi connectivity index (χ4v) is 5.38. The number of nitrogens with zero attached hydrogens (tertiary/aromatic N) is 3. The van der Waals surface area contributed by atoms with Crippen molar-refractivity contribution in [3.8, 4) is 6.07 Å². The summed E-state index contributed by atoms with van der Waals surface area (Å²) in [5.41, 5.74) is -1.40. The number of amides is 1. The lowest BCUT2D eigenvalue weighted by atomic mass is 9.88. The highest BCUT2D eigenvalue weighted by Gasteiger charge is 2.56. The van der Waals surface area contributed by atoms with Crippen LogP contribution in [0.15, 0.2) is 54.7 Å². The van der Waals surface area contributed by atoms with Gasteiger partial charge in [0.05, 0.1) is 46.7 Å². The number of fused-ring (bicyclic) bond motifs is 1. The molecule has 38 heavy (non-hydrogen) atoms. The number of aromatic nitrogens is 1. The SMILES string of the molecule is CC(C)(O)c1cc(F)c2c(c1)C(=O)N(Cc1ccc(C#N)cn1)[C@@]2(O[C@@H]1CC[C@H](O)C1)c1ccc(Cl)cc1. The molecule has 2 aliphatic rings. The summed E-state index contributed by atoms with van der Waals surface area (Å²) in [5, 5.41) is 30.5. The predicted molar refractivity (Wildman–Crippen MR) is 137 cm³/mol. The number of ether oxygens (including phenoxy) is 1. The van der Waals surface area contributed by atoms with E-state index >= 15 is 4.39 Å². The van der Waals surface area contributed by atoms with Gasteiger partial charge in [0.2, 0.25) is 5.72 Å². The maximum Gasteiger partial charge on any atom is 0.257 e. The Morgan fingerprint density at radius 3 is 2.55 bits per heavy atom. The number of pyridine rings is 1. The lowest BCUT2D eigenvalue weighted by Gasteiger charge is -2.41. The highest BCUT2D eigenvalue weighted by atomic mass is 35.5. The number of aliphatic hydroxyl groups excluding tert-OH is 1. The maximum absolute atomic E-state index is 16.2. The smallest absolute Gasteiger partial charge is 0.257 e. The number of benzene rings is 2. The topological polar surface area (TPSA) is 107 Å². The molecular formula is C29H27ClFN3O4. The molecule has 5 rings (SSSR count). The first-order chi connectivity index (χ1) is 18.0. The minimum atomic E-state index is -1.69. The highest BCUT2D eigenvalue weighted by molar-refractivity contribution is 6.30. The zero-order chi connectivity index (χ0) is 27.2. The van der Waals surface area contributed by atoms with Crippen molar-refractivity contribution in [1.29, 1.82) is 5.26 Å². The first kappa shape index (κ1) is 26.3. The number of rotatable bonds is 6. The molecule has 0 bridgehead atoms. The monoisotopic (exact) mass is 535 g/mol. The van der Waals surface area contributed by atoms with Crippen molar-refractivity contribution in [2.24, 2.45) is 0 Å². The van der Waals surface area contributed by atoms with E-state index in [9.17, 15) is 15.0 Å². The molecule has 2 N–H and O–H groups in total. The second-order valence-corrected chi connectivity index (χ2v) is 10.8. The minimum absolute atomic E-state index is 0.0351. The van der Waals surface area contributed by atoms with Crippen LogP contribution in [-0.4, -0.2) is 38.2 Å². The Bertz CT molecular complexity index is 1420. The first-order valence-electron chi connectivity index (χ1n) is 12.4. The fourth-order valence-electron chi connectivity index (χ4n) is 5.26. The van der Waals surface area contributed by atoms with Crippen LogP contribution < -0.4 is 0 Å². The van der Waals surface area contributed by atoms with Gasteiger partial charge in [-0.1, -0.05) is 23.7 Å². The van der Waals surface area contributed by atoms with E-state index in [0.717, 1.165) is 0 Å². The van der Waals surface area contributed by atoms with E-state index < -0.39 is 35.3 Å². The summed E-state index contributed by atoms with van der Waals surface area (Å²) in [7, 11) is 0. The molecule has 1 fully saturated rings. The van der Waals surface area contributed by atoms with Crippen molar-refractivity contribution in [3.63, 3.8) is 0 Å². The van der Waals surface area contributed by atoms with E-state index in [-0.39, 0.29) is 23.2 Å². The van der Waals surface area contributed by atoms with Gasteiger partial charge in [0.25, 0.3) is 5.91 Å². The Balaban J connectivity index is 1.75. The molecule has 0 unspecified atom stereocenters. The summed E-state index contributed by atoms with van der Waals surface area (Å²) in [5.74, 6) is -1.19. The number of halogens is 2. The lowest BCUT2D eigenvalue weighted by Crippen LogP contribution is -2.48. The summed E-state index contributed by atoms with van der Waals surface area (Å²) in [4.78, 5) is 19.9. The summed E-state index contributed by atoms with van der Waals surface area (Å²) in [6, 6.07) is 14.7. The lowest BCUT2D eigenvalue weighted by molar-refractivity contribution is -0.149. The van der Waals surface area contributed by atoms with Gasteiger partial charge in [-0.2, -0.15) is 5.26 Å². The molecule has 1 aromatic heterocycles. The molecular weight excluding hydrogens is 509 g/mol. The quantitative estimate of drug-likeness (QED) is 0.471. The molecule has 0 radical (unpaired) electrons. The highest BCUT2D eigenvalue weighted by Crippen LogP contribution is 2.50. The largest absolute Gasteiger partial charge is 0.393 e. The summed E-state index contributed by atoms with van der Waals surface area (Å²) < 4.78 is 22.9. The van der Waals surface area contributed by atoms with E-state index in [1.165, 1.54) is 37.1 Å². The van der Waals surface area contributed by atoms with Gasteiger partial charge in [-0.15, -0.1) is 0 Å². The molecule has 1 amide bonds. The van der Waals surface area contributed by atoms with Crippen LogP contribution in [0.3, 0.4) is 0 Å². The van der Waals surface area contributed by atoms with Gasteiger partial charge in [0.15, 0.2) is 0 Å². The average Bonchev–Trinajstić information content (AvgIpc) is 3.39. The summed E-state index contributed by atoms with van der Waals surface area (Å²) >= 11 is 6.19. The van der Waals surface area contributed by atoms with Crippen LogP contribution in [0.5, 0.6) is 0 Å². The van der Waals surface area contributed by atoms with E-state index in [2.05, 4.69) is 4.98 Å². The molecule has 2 heterocycles. The van der Waals surface area contributed by atoms with Crippen molar-refractivity contribution in [2.75, 3.05) is 0 Å². The minimum Gasteiger partial charge on any atom is -0.393 e. The van der Waals surface area contributed by atoms with E-state index in [1.54, 1.807) is 36.4 Å². The van der Waals surface area contributed by atoms with Gasteiger partial charge < -0.3 is 14.9 Å². The second-order valence-electron chi connectivity index (χ2n) is 10.3. The van der Waals surface area contributed by atoms with E-state index in [1.807, 2.05) is 6.07 Å². The van der Waals surface area contributed by atoms with Gasteiger partial charge in [0, 0.05) is 16.8 Å². The van der Waals surface area contributed by atoms with Crippen molar-refractivity contribution in [3.05, 3.63) is 99.1 Å². The van der Waals surface area contributed by atoms with Gasteiger partial charge >= 0.3 is 0 Å². The molecule has 0 spiro atoms. The molecule has 2 aromatic carbocycles. The average molecular weight is 536 g/mol. The summed E-state index contributed by atoms with van der Waals surface area (Å²) in [6.07, 6.45) is 1.80. The maximum atomic E-state index is 16.2. The van der Waals surface area contributed by atoms with Crippen LogP contribution in [0.1, 0.15) is 71.4 Å². The Hall–Kier alpha value is -3.35. The number of hydrogen-bond donors (Lipinski definition) is 2. The van der Waals surface area contributed by atoms with Crippen molar-refractivity contribution in [1.82, 2.24) is 9.88 Å². The van der Waals surface area contributed by atoms with Crippen molar-refractivity contribution in [2.45, 2.75) is 63.2 Å². The molecule has 3 atom stereocenters. The first-order valence-corrected chi connectivity index (χ1v) is 12.8. The normalized spacial score (nSPS) is 23.0. The van der Waals surface area contributed by atoms with Crippen LogP contribution in [0.4, 0.5) is 4.39 Å². The molecule has 1 aliphatic heterocycles. The molecule has 7 nitrogen and oxygen atoms in total. The second kappa shape index (κ2) is 9.75. The van der Waals surface area contributed by atoms with E-state index in [0.29, 0.717) is 41.1 Å². The third-order valence-electron chi connectivity index (χ3n) is 7.19. The fraction of sp³-hybridized carbons (Fsp3) is 0.345. The van der Waals surface area contributed by atoms with Crippen LogP contribution >= 0.6 is 11.6 Å². The standard InChI is InChI=1S/C29H27ClFN3O4/c1-28(2,37)19-11-24-26(25(31)12-19)29(18-4-6-20(30)7-5-18,38-23-10-9-22(35)13-23)34(27(24)36)16-21-8-3-17(14-32)15-33-21/h3-8,11-12,15,22-23,35,37H,9-10,13,16H2,1-2H3/t22-,23+,29+/m0/s1. The van der Waals surface area contributed by atoms with Crippen LogP contribution in [-0.2, 0) is 22.6 Å². The van der Waals surface area contributed by atoms with Gasteiger partial charge in [-0.3, -0.25) is 14.7 Å². The summed E-state index contributed by atoms with van der Waals surface area (Å²) in [6.45, 7) is 3.00. The van der Waals surface area contributed by atoms with Crippen molar-refractivity contribution >= 4 is 17.5 Å². The number of carbonyl (C=O) groups is 1. The zero-order valence-corrected chi connectivity index (χ0v) is 21.7. The Morgan fingerprint density at radius 1 is 1.24 bits per heavy atom. The Labute approximate surface area is 225 Å². The molecule has 0 saturated heterocycles. The Morgan fingerprint density at radius 2 is 1.97 bits per heavy atom. The van der Waals surface area contributed by atoms with Gasteiger partial charge in [0.1, 0.15) is 11.9 Å². The number of nitriles is 1. The molecule has 9 heteroatoms. The van der Waals surface area contributed by atoms with Gasteiger partial charge in [-0.05, 0) is 75.1 Å². The molecule has 3 aromatic rings. The molecule has 196 valence electrons. The Kier molecular flexibility index (Phi) is 6.74.